The maximum Gasteiger partial charge on any atom is 0.573 e. The zero-order chi connectivity index (χ0) is 25.0. The van der Waals surface area contributed by atoms with Crippen molar-refractivity contribution in [3.8, 4) is 34.5 Å². The summed E-state index contributed by atoms with van der Waals surface area (Å²) in [5, 5.41) is 6.84. The van der Waals surface area contributed by atoms with Gasteiger partial charge in [-0.2, -0.15) is 4.98 Å². The minimum atomic E-state index is -4.77. The first kappa shape index (κ1) is 23.9. The third kappa shape index (κ3) is 5.99. The molecule has 35 heavy (non-hydrogen) atoms. The molecule has 0 bridgehead atoms. The van der Waals surface area contributed by atoms with Gasteiger partial charge in [0.2, 0.25) is 11.7 Å². The molecule has 0 fully saturated rings. The van der Waals surface area contributed by atoms with Crippen molar-refractivity contribution in [3.05, 3.63) is 72.4 Å². The van der Waals surface area contributed by atoms with Crippen molar-refractivity contribution in [1.29, 1.82) is 0 Å². The van der Waals surface area contributed by atoms with Crippen LogP contribution in [0.25, 0.3) is 23.0 Å². The molecule has 2 aromatic carbocycles. The van der Waals surface area contributed by atoms with E-state index in [0.29, 0.717) is 17.0 Å². The van der Waals surface area contributed by atoms with Crippen molar-refractivity contribution in [3.63, 3.8) is 0 Å². The lowest BCUT2D eigenvalue weighted by Crippen LogP contribution is -2.30. The van der Waals surface area contributed by atoms with Gasteiger partial charge in [-0.05, 0) is 61.0 Å². The molecule has 0 saturated heterocycles. The van der Waals surface area contributed by atoms with Crippen LogP contribution in [0.2, 0.25) is 0 Å². The van der Waals surface area contributed by atoms with Gasteiger partial charge in [0.05, 0.1) is 13.2 Å². The normalized spacial score (nSPS) is 12.3. The summed E-state index contributed by atoms with van der Waals surface area (Å²) < 4.78 is 53.1. The molecule has 0 aliphatic carbocycles. The van der Waals surface area contributed by atoms with Gasteiger partial charge in [0.15, 0.2) is 0 Å². The van der Waals surface area contributed by atoms with Crippen LogP contribution in [0.15, 0.2) is 71.4 Å². The van der Waals surface area contributed by atoms with Crippen LogP contribution in [-0.4, -0.2) is 34.1 Å². The average Bonchev–Trinajstić information content (AvgIpc) is 3.48. The molecular formula is C24H21F3N4O4. The molecule has 8 nitrogen and oxygen atoms in total. The largest absolute Gasteiger partial charge is 0.573 e. The van der Waals surface area contributed by atoms with E-state index in [-0.39, 0.29) is 36.0 Å². The van der Waals surface area contributed by atoms with Crippen LogP contribution in [0.1, 0.15) is 18.5 Å². The van der Waals surface area contributed by atoms with Crippen LogP contribution in [0.5, 0.6) is 11.5 Å². The Hall–Kier alpha value is -4.28. The summed E-state index contributed by atoms with van der Waals surface area (Å²) in [6.45, 7) is 1.89. The fourth-order valence-electron chi connectivity index (χ4n) is 3.43. The Labute approximate surface area is 198 Å². The highest BCUT2D eigenvalue weighted by atomic mass is 19.4. The second-order valence-electron chi connectivity index (χ2n) is 7.58. The Morgan fingerprint density at radius 1 is 1.11 bits per heavy atom. The molecule has 0 saturated carbocycles. The van der Waals surface area contributed by atoms with Crippen LogP contribution in [0, 0.1) is 0 Å². The minimum absolute atomic E-state index is 0.0117. The summed E-state index contributed by atoms with van der Waals surface area (Å²) >= 11 is 0. The molecule has 2 aromatic heterocycles. The molecule has 2 heterocycles. The zero-order valence-electron chi connectivity index (χ0n) is 18.7. The Balaban J connectivity index is 1.43. The molecule has 0 aliphatic rings. The van der Waals surface area contributed by atoms with E-state index >= 15 is 0 Å². The molecule has 1 unspecified atom stereocenters. The predicted molar refractivity (Wildman–Crippen MR) is 119 cm³/mol. The Morgan fingerprint density at radius 2 is 1.89 bits per heavy atom. The number of hydrogen-bond donors (Lipinski definition) is 1. The first-order chi connectivity index (χ1) is 16.7. The first-order valence-electron chi connectivity index (χ1n) is 10.5. The minimum Gasteiger partial charge on any atom is -0.497 e. The van der Waals surface area contributed by atoms with Crippen molar-refractivity contribution in [2.75, 3.05) is 7.11 Å². The van der Waals surface area contributed by atoms with Gasteiger partial charge in [0, 0.05) is 11.8 Å². The molecule has 11 heteroatoms. The van der Waals surface area contributed by atoms with Crippen molar-refractivity contribution in [2.45, 2.75) is 25.9 Å². The molecule has 0 aliphatic heterocycles. The number of halogens is 3. The average molecular weight is 486 g/mol. The Kier molecular flexibility index (Phi) is 6.76. The van der Waals surface area contributed by atoms with E-state index in [2.05, 4.69) is 20.2 Å². The quantitative estimate of drug-likeness (QED) is 0.377. The molecule has 0 radical (unpaired) electrons. The van der Waals surface area contributed by atoms with Crippen molar-refractivity contribution < 1.29 is 32.0 Å². The van der Waals surface area contributed by atoms with E-state index < -0.39 is 6.36 Å². The summed E-state index contributed by atoms with van der Waals surface area (Å²) in [5.74, 6) is 0.466. The SMILES string of the molecule is COc1cccc(C(C)NC(=O)Cn2cccc2-c2nc(-c3ccc(OC(F)(F)F)cc3)no2)c1. The number of benzene rings is 2. The van der Waals surface area contributed by atoms with E-state index in [1.165, 1.54) is 12.1 Å². The Morgan fingerprint density at radius 3 is 2.60 bits per heavy atom. The molecule has 182 valence electrons. The smallest absolute Gasteiger partial charge is 0.497 e. The number of methoxy groups -OCH3 is 1. The lowest BCUT2D eigenvalue weighted by Gasteiger charge is -2.16. The molecule has 4 aromatic rings. The van der Waals surface area contributed by atoms with Gasteiger partial charge >= 0.3 is 6.36 Å². The van der Waals surface area contributed by atoms with Crippen molar-refractivity contribution >= 4 is 5.91 Å². The Bertz CT molecular complexity index is 1300. The standard InChI is InChI=1S/C24H21F3N4O4/c1-15(17-5-3-6-19(13-17)33-2)28-21(32)14-31-12-4-7-20(31)23-29-22(30-35-23)16-8-10-18(11-9-16)34-24(25,26)27/h3-13,15H,14H2,1-2H3,(H,28,32). The molecule has 1 N–H and O–H groups in total. The van der Waals surface area contributed by atoms with E-state index in [1.54, 1.807) is 30.0 Å². The highest BCUT2D eigenvalue weighted by molar-refractivity contribution is 5.77. The van der Waals surface area contributed by atoms with Crippen molar-refractivity contribution in [1.82, 2.24) is 20.0 Å². The van der Waals surface area contributed by atoms with Crippen LogP contribution >= 0.6 is 0 Å². The third-order valence-electron chi connectivity index (χ3n) is 5.11. The maximum absolute atomic E-state index is 12.7. The second kappa shape index (κ2) is 9.92. The number of carbonyl (C=O) groups is 1. The summed E-state index contributed by atoms with van der Waals surface area (Å²) in [6.07, 6.45) is -3.07. The predicted octanol–water partition coefficient (Wildman–Crippen LogP) is 4.99. The van der Waals surface area contributed by atoms with Gasteiger partial charge in [0.25, 0.3) is 5.89 Å². The number of carbonyl (C=O) groups excluding carboxylic acids is 1. The van der Waals surface area contributed by atoms with Gasteiger partial charge in [-0.1, -0.05) is 17.3 Å². The summed E-state index contributed by atoms with van der Waals surface area (Å²) in [6, 6.07) is 15.8. The molecular weight excluding hydrogens is 465 g/mol. The van der Waals surface area contributed by atoms with E-state index in [4.69, 9.17) is 9.26 Å². The van der Waals surface area contributed by atoms with E-state index in [1.807, 2.05) is 31.2 Å². The second-order valence-corrected chi connectivity index (χ2v) is 7.58. The van der Waals surface area contributed by atoms with Gasteiger partial charge in [0.1, 0.15) is 23.7 Å². The number of aromatic nitrogens is 3. The van der Waals surface area contributed by atoms with Gasteiger partial charge < -0.3 is 23.9 Å². The molecule has 4 rings (SSSR count). The fraction of sp³-hybridized carbons (Fsp3) is 0.208. The lowest BCUT2D eigenvalue weighted by molar-refractivity contribution is -0.274. The summed E-state index contributed by atoms with van der Waals surface area (Å²) in [7, 11) is 1.58. The van der Waals surface area contributed by atoms with Crippen LogP contribution in [-0.2, 0) is 11.3 Å². The molecule has 1 amide bonds. The van der Waals surface area contributed by atoms with Crippen molar-refractivity contribution in [2.24, 2.45) is 0 Å². The topological polar surface area (TPSA) is 91.4 Å². The number of rotatable bonds is 8. The van der Waals surface area contributed by atoms with Crippen LogP contribution < -0.4 is 14.8 Å². The van der Waals surface area contributed by atoms with Gasteiger partial charge in [-0.3, -0.25) is 4.79 Å². The zero-order valence-corrected chi connectivity index (χ0v) is 18.7. The van der Waals surface area contributed by atoms with E-state index in [0.717, 1.165) is 17.7 Å². The number of nitrogens with one attached hydrogen (secondary N) is 1. The number of hydrogen-bond acceptors (Lipinski definition) is 6. The highest BCUT2D eigenvalue weighted by Gasteiger charge is 2.31. The first-order valence-corrected chi connectivity index (χ1v) is 10.5. The van der Waals surface area contributed by atoms with Crippen LogP contribution in [0.3, 0.4) is 0 Å². The molecule has 1 atom stereocenters. The monoisotopic (exact) mass is 486 g/mol. The highest BCUT2D eigenvalue weighted by Crippen LogP contribution is 2.27. The number of amides is 1. The summed E-state index contributed by atoms with van der Waals surface area (Å²) in [4.78, 5) is 17.0. The van der Waals surface area contributed by atoms with E-state index in [9.17, 15) is 18.0 Å². The maximum atomic E-state index is 12.7. The van der Waals surface area contributed by atoms with Gasteiger partial charge in [-0.25, -0.2) is 0 Å². The fourth-order valence-corrected chi connectivity index (χ4v) is 3.43. The number of nitrogens with zero attached hydrogens (tertiary/aromatic N) is 3. The van der Waals surface area contributed by atoms with Gasteiger partial charge in [-0.15, -0.1) is 13.2 Å². The lowest BCUT2D eigenvalue weighted by atomic mass is 10.1. The molecule has 0 spiro atoms. The summed E-state index contributed by atoms with van der Waals surface area (Å²) in [5.41, 5.74) is 1.86. The van der Waals surface area contributed by atoms with Crippen LogP contribution in [0.4, 0.5) is 13.2 Å². The third-order valence-corrected chi connectivity index (χ3v) is 5.11. The number of ether oxygens (including phenoxy) is 2. The number of alkyl halides is 3.